The number of benzene rings is 1. The number of likely N-dealkylation sites (N-methyl/N-ethyl adjacent to an activating group) is 1. The Labute approximate surface area is 109 Å². The number of nitrogens with zero attached hydrogens (tertiary/aromatic N) is 1. The number of anilines is 1. The zero-order chi connectivity index (χ0) is 13.0. The van der Waals surface area contributed by atoms with E-state index in [2.05, 4.69) is 34.5 Å². The van der Waals surface area contributed by atoms with E-state index in [9.17, 15) is 4.79 Å². The van der Waals surface area contributed by atoms with Crippen LogP contribution in [0.2, 0.25) is 0 Å². The number of rotatable bonds is 3. The van der Waals surface area contributed by atoms with Gasteiger partial charge in [-0.2, -0.15) is 0 Å². The van der Waals surface area contributed by atoms with Gasteiger partial charge in [0.05, 0.1) is 26.2 Å². The third kappa shape index (κ3) is 2.82. The standard InChI is InChI=1S/C14H21N3O/c1-12(14(18)15-2)16-8-10-17(11-9-16)13-6-4-3-5-7-13/h3-7,12H,8-11H2,1-2H3,(H,15,18)/p+1/t12-/m1/s1. The summed E-state index contributed by atoms with van der Waals surface area (Å²) in [6.07, 6.45) is 0. The van der Waals surface area contributed by atoms with Gasteiger partial charge >= 0.3 is 0 Å². The van der Waals surface area contributed by atoms with Crippen LogP contribution in [0.25, 0.3) is 0 Å². The van der Waals surface area contributed by atoms with Gasteiger partial charge in [0.1, 0.15) is 0 Å². The molecule has 2 N–H and O–H groups in total. The Hall–Kier alpha value is -1.55. The molecule has 1 atom stereocenters. The normalized spacial score (nSPS) is 18.4. The van der Waals surface area contributed by atoms with Gasteiger partial charge in [0.2, 0.25) is 0 Å². The summed E-state index contributed by atoms with van der Waals surface area (Å²) in [5.41, 5.74) is 1.28. The second-order valence-corrected chi connectivity index (χ2v) is 4.82. The molecule has 1 saturated heterocycles. The summed E-state index contributed by atoms with van der Waals surface area (Å²) in [5, 5.41) is 2.73. The molecule has 1 heterocycles. The van der Waals surface area contributed by atoms with Crippen LogP contribution in [0.3, 0.4) is 0 Å². The van der Waals surface area contributed by atoms with Crippen molar-refractivity contribution in [2.45, 2.75) is 13.0 Å². The number of amides is 1. The molecule has 0 radical (unpaired) electrons. The average Bonchev–Trinajstić information content (AvgIpc) is 2.47. The van der Waals surface area contributed by atoms with Crippen molar-refractivity contribution in [3.05, 3.63) is 30.3 Å². The summed E-state index contributed by atoms with van der Waals surface area (Å²) >= 11 is 0. The van der Waals surface area contributed by atoms with Crippen molar-refractivity contribution in [3.63, 3.8) is 0 Å². The second-order valence-electron chi connectivity index (χ2n) is 4.82. The third-order valence-electron chi connectivity index (χ3n) is 3.78. The maximum absolute atomic E-state index is 11.6. The van der Waals surface area contributed by atoms with Crippen molar-refractivity contribution in [2.24, 2.45) is 0 Å². The number of carbonyl (C=O) groups is 1. The molecular formula is C14H22N3O+. The highest BCUT2D eigenvalue weighted by Gasteiger charge is 2.28. The van der Waals surface area contributed by atoms with E-state index in [1.54, 1.807) is 7.05 Å². The van der Waals surface area contributed by atoms with Crippen molar-refractivity contribution < 1.29 is 9.69 Å². The minimum atomic E-state index is 0.0490. The van der Waals surface area contributed by atoms with Crippen molar-refractivity contribution in [3.8, 4) is 0 Å². The minimum absolute atomic E-state index is 0.0490. The molecule has 1 aliphatic rings. The van der Waals surface area contributed by atoms with E-state index < -0.39 is 0 Å². The van der Waals surface area contributed by atoms with Gasteiger partial charge < -0.3 is 15.1 Å². The number of hydrogen-bond donors (Lipinski definition) is 2. The molecule has 4 nitrogen and oxygen atoms in total. The number of para-hydroxylation sites is 1. The first-order valence-corrected chi connectivity index (χ1v) is 6.58. The fourth-order valence-corrected chi connectivity index (χ4v) is 2.53. The first-order valence-electron chi connectivity index (χ1n) is 6.58. The van der Waals surface area contributed by atoms with E-state index in [1.807, 2.05) is 13.0 Å². The lowest BCUT2D eigenvalue weighted by molar-refractivity contribution is -0.914. The van der Waals surface area contributed by atoms with Crippen LogP contribution >= 0.6 is 0 Å². The number of piperazine rings is 1. The van der Waals surface area contributed by atoms with Crippen molar-refractivity contribution in [2.75, 3.05) is 38.1 Å². The van der Waals surface area contributed by atoms with E-state index in [-0.39, 0.29) is 11.9 Å². The van der Waals surface area contributed by atoms with Crippen LogP contribution in [0.5, 0.6) is 0 Å². The Morgan fingerprint density at radius 2 is 1.89 bits per heavy atom. The van der Waals surface area contributed by atoms with E-state index >= 15 is 0 Å². The van der Waals surface area contributed by atoms with Crippen LogP contribution in [0, 0.1) is 0 Å². The highest BCUT2D eigenvalue weighted by Crippen LogP contribution is 2.12. The monoisotopic (exact) mass is 248 g/mol. The number of nitrogens with one attached hydrogen (secondary N) is 2. The molecule has 1 fully saturated rings. The smallest absolute Gasteiger partial charge is 0.277 e. The Kier molecular flexibility index (Phi) is 4.20. The maximum Gasteiger partial charge on any atom is 0.277 e. The zero-order valence-electron chi connectivity index (χ0n) is 11.1. The van der Waals surface area contributed by atoms with E-state index in [1.165, 1.54) is 10.6 Å². The fourth-order valence-electron chi connectivity index (χ4n) is 2.53. The molecule has 4 heteroatoms. The van der Waals surface area contributed by atoms with Crippen LogP contribution in [0.1, 0.15) is 6.92 Å². The quantitative estimate of drug-likeness (QED) is 0.758. The van der Waals surface area contributed by atoms with E-state index in [0.717, 1.165) is 26.2 Å². The summed E-state index contributed by atoms with van der Waals surface area (Å²) in [4.78, 5) is 15.4. The highest BCUT2D eigenvalue weighted by atomic mass is 16.2. The fraction of sp³-hybridized carbons (Fsp3) is 0.500. The van der Waals surface area contributed by atoms with Crippen LogP contribution < -0.4 is 15.1 Å². The Balaban J connectivity index is 1.90. The Morgan fingerprint density at radius 3 is 2.44 bits per heavy atom. The van der Waals surface area contributed by atoms with Crippen molar-refractivity contribution >= 4 is 11.6 Å². The largest absolute Gasteiger partial charge is 0.360 e. The number of quaternary nitrogens is 1. The number of hydrogen-bond acceptors (Lipinski definition) is 2. The molecule has 2 rings (SSSR count). The highest BCUT2D eigenvalue weighted by molar-refractivity contribution is 5.79. The maximum atomic E-state index is 11.6. The molecule has 18 heavy (non-hydrogen) atoms. The summed E-state index contributed by atoms with van der Waals surface area (Å²) < 4.78 is 0. The van der Waals surface area contributed by atoms with Gasteiger partial charge in [-0.15, -0.1) is 0 Å². The summed E-state index contributed by atoms with van der Waals surface area (Å²) in [5.74, 6) is 0.137. The van der Waals surface area contributed by atoms with Crippen molar-refractivity contribution in [1.29, 1.82) is 0 Å². The number of carbonyl (C=O) groups excluding carboxylic acids is 1. The Morgan fingerprint density at radius 1 is 1.28 bits per heavy atom. The summed E-state index contributed by atoms with van der Waals surface area (Å²) in [6.45, 7) is 6.07. The van der Waals surface area contributed by atoms with E-state index in [0.29, 0.717) is 0 Å². The molecular weight excluding hydrogens is 226 g/mol. The predicted molar refractivity (Wildman–Crippen MR) is 72.9 cm³/mol. The van der Waals surface area contributed by atoms with Crippen LogP contribution in [-0.2, 0) is 4.79 Å². The molecule has 1 aliphatic heterocycles. The molecule has 0 aliphatic carbocycles. The van der Waals surface area contributed by atoms with Gasteiger partial charge in [-0.3, -0.25) is 4.79 Å². The zero-order valence-corrected chi connectivity index (χ0v) is 11.1. The lowest BCUT2D eigenvalue weighted by Gasteiger charge is -2.35. The van der Waals surface area contributed by atoms with Crippen LogP contribution in [0.15, 0.2) is 30.3 Å². The molecule has 0 unspecified atom stereocenters. The Bertz CT molecular complexity index is 385. The van der Waals surface area contributed by atoms with Crippen molar-refractivity contribution in [1.82, 2.24) is 5.32 Å². The SMILES string of the molecule is CNC(=O)[C@@H](C)[NH+]1CCN(c2ccccc2)CC1. The molecule has 1 amide bonds. The molecule has 0 bridgehead atoms. The second kappa shape index (κ2) is 5.87. The minimum Gasteiger partial charge on any atom is -0.360 e. The molecule has 0 saturated carbocycles. The molecule has 98 valence electrons. The average molecular weight is 248 g/mol. The first-order chi connectivity index (χ1) is 8.72. The lowest BCUT2D eigenvalue weighted by Crippen LogP contribution is -3.19. The summed E-state index contributed by atoms with van der Waals surface area (Å²) in [6, 6.07) is 10.5. The topological polar surface area (TPSA) is 36.8 Å². The summed E-state index contributed by atoms with van der Waals surface area (Å²) in [7, 11) is 1.71. The van der Waals surface area contributed by atoms with Gasteiger partial charge in [-0.05, 0) is 19.1 Å². The van der Waals surface area contributed by atoms with Gasteiger partial charge in [-0.1, -0.05) is 18.2 Å². The van der Waals surface area contributed by atoms with Gasteiger partial charge in [0.15, 0.2) is 6.04 Å². The molecule has 1 aromatic rings. The van der Waals surface area contributed by atoms with Crippen LogP contribution in [-0.4, -0.2) is 45.2 Å². The third-order valence-corrected chi connectivity index (χ3v) is 3.78. The molecule has 0 spiro atoms. The van der Waals surface area contributed by atoms with Gasteiger partial charge in [0, 0.05) is 12.7 Å². The molecule has 0 aromatic heterocycles. The van der Waals surface area contributed by atoms with Crippen LogP contribution in [0.4, 0.5) is 5.69 Å². The molecule has 1 aromatic carbocycles. The predicted octanol–water partition coefficient (Wildman–Crippen LogP) is -0.474. The van der Waals surface area contributed by atoms with Gasteiger partial charge in [-0.25, -0.2) is 0 Å². The van der Waals surface area contributed by atoms with E-state index in [4.69, 9.17) is 0 Å². The first kappa shape index (κ1) is 12.9. The van der Waals surface area contributed by atoms with Gasteiger partial charge in [0.25, 0.3) is 5.91 Å². The lowest BCUT2D eigenvalue weighted by atomic mass is 10.2.